The van der Waals surface area contributed by atoms with Crippen LogP contribution in [0.4, 0.5) is 0 Å². The number of benzene rings is 1. The summed E-state index contributed by atoms with van der Waals surface area (Å²) in [7, 11) is -1.58. The van der Waals surface area contributed by atoms with Crippen LogP contribution in [0.15, 0.2) is 23.1 Å². The van der Waals surface area contributed by atoms with Crippen molar-refractivity contribution in [2.24, 2.45) is 0 Å². The molecule has 1 saturated heterocycles. The normalized spacial score (nSPS) is 15.6. The van der Waals surface area contributed by atoms with Gasteiger partial charge in [-0.05, 0) is 58.9 Å². The third kappa shape index (κ3) is 5.10. The highest BCUT2D eigenvalue weighted by Crippen LogP contribution is 2.25. The summed E-state index contributed by atoms with van der Waals surface area (Å²) in [5.74, 6) is 0.932. The third-order valence-electron chi connectivity index (χ3n) is 6.00. The molecule has 1 amide bonds. The molecule has 1 aromatic carbocycles. The van der Waals surface area contributed by atoms with Crippen LogP contribution in [0.25, 0.3) is 11.0 Å². The molecule has 8 nitrogen and oxygen atoms in total. The zero-order chi connectivity index (χ0) is 22.6. The van der Waals surface area contributed by atoms with E-state index in [4.69, 9.17) is 4.98 Å². The van der Waals surface area contributed by atoms with Crippen LogP contribution < -0.4 is 0 Å². The van der Waals surface area contributed by atoms with Crippen LogP contribution in [0.3, 0.4) is 0 Å². The van der Waals surface area contributed by atoms with Crippen LogP contribution in [0.1, 0.15) is 45.9 Å². The van der Waals surface area contributed by atoms with Gasteiger partial charge in [0.1, 0.15) is 5.82 Å². The van der Waals surface area contributed by atoms with Gasteiger partial charge >= 0.3 is 0 Å². The number of aryl methyl sites for hydroxylation is 1. The maximum Gasteiger partial charge on any atom is 0.243 e. The van der Waals surface area contributed by atoms with Gasteiger partial charge in [-0.2, -0.15) is 4.31 Å². The van der Waals surface area contributed by atoms with Crippen molar-refractivity contribution in [1.82, 2.24) is 23.7 Å². The number of nitrogens with zero attached hydrogens (tertiary/aromatic N) is 5. The van der Waals surface area contributed by atoms with E-state index in [1.807, 2.05) is 43.7 Å². The van der Waals surface area contributed by atoms with E-state index in [1.54, 1.807) is 16.4 Å². The van der Waals surface area contributed by atoms with Crippen LogP contribution in [-0.4, -0.2) is 77.8 Å². The quantitative estimate of drug-likeness (QED) is 0.588. The Hall–Kier alpha value is -1.97. The van der Waals surface area contributed by atoms with Crippen LogP contribution in [0.2, 0.25) is 0 Å². The molecule has 172 valence electrons. The van der Waals surface area contributed by atoms with Crippen molar-refractivity contribution in [3.05, 3.63) is 24.0 Å². The van der Waals surface area contributed by atoms with Gasteiger partial charge in [0.05, 0.1) is 29.0 Å². The molecular formula is C22H35N5O3S. The summed E-state index contributed by atoms with van der Waals surface area (Å²) in [5, 5.41) is 0. The molecule has 0 aliphatic carbocycles. The van der Waals surface area contributed by atoms with Gasteiger partial charge < -0.3 is 9.47 Å². The topological polar surface area (TPSA) is 78.8 Å². The van der Waals surface area contributed by atoms with Gasteiger partial charge in [-0.1, -0.05) is 6.42 Å². The van der Waals surface area contributed by atoms with Gasteiger partial charge in [0.15, 0.2) is 0 Å². The average molecular weight is 450 g/mol. The summed E-state index contributed by atoms with van der Waals surface area (Å²) in [6.45, 7) is 10.1. The number of rotatable bonds is 9. The van der Waals surface area contributed by atoms with Crippen LogP contribution in [0, 0.1) is 0 Å². The van der Waals surface area contributed by atoms with Crippen molar-refractivity contribution < 1.29 is 13.2 Å². The third-order valence-corrected chi connectivity index (χ3v) is 7.90. The standard InChI is InChI=1S/C22H35N5O3S/c1-5-25(6-2)22(28)17-24(4)16-21-23-19-15-18(11-12-20(19)27(21)7-3)31(29,30)26-13-9-8-10-14-26/h11-12,15H,5-10,13-14,16-17H2,1-4H3. The molecule has 2 heterocycles. The molecule has 0 atom stereocenters. The van der Waals surface area contributed by atoms with Gasteiger partial charge in [-0.15, -0.1) is 0 Å². The van der Waals surface area contributed by atoms with Crippen LogP contribution >= 0.6 is 0 Å². The average Bonchev–Trinajstić information content (AvgIpc) is 3.11. The maximum atomic E-state index is 13.1. The molecule has 0 saturated carbocycles. The minimum Gasteiger partial charge on any atom is -0.342 e. The van der Waals surface area contributed by atoms with Crippen molar-refractivity contribution >= 4 is 27.0 Å². The van der Waals surface area contributed by atoms with Gasteiger partial charge in [-0.25, -0.2) is 13.4 Å². The molecule has 0 unspecified atom stereocenters. The number of hydrogen-bond acceptors (Lipinski definition) is 5. The lowest BCUT2D eigenvalue weighted by atomic mass is 10.2. The molecule has 1 aromatic heterocycles. The lowest BCUT2D eigenvalue weighted by Crippen LogP contribution is -2.38. The number of likely N-dealkylation sites (N-methyl/N-ethyl adjacent to an activating group) is 2. The minimum atomic E-state index is -3.49. The Morgan fingerprint density at radius 1 is 1.10 bits per heavy atom. The first-order chi connectivity index (χ1) is 14.8. The van der Waals surface area contributed by atoms with E-state index in [-0.39, 0.29) is 5.91 Å². The zero-order valence-corrected chi connectivity index (χ0v) is 20.0. The maximum absolute atomic E-state index is 13.1. The fourth-order valence-electron chi connectivity index (χ4n) is 4.25. The van der Waals surface area contributed by atoms with Gasteiger partial charge in [0, 0.05) is 32.7 Å². The van der Waals surface area contributed by atoms with E-state index in [9.17, 15) is 13.2 Å². The molecule has 0 bridgehead atoms. The van der Waals surface area contributed by atoms with Gasteiger partial charge in [-0.3, -0.25) is 9.69 Å². The Kier molecular flexibility index (Phi) is 7.72. The Morgan fingerprint density at radius 3 is 2.39 bits per heavy atom. The molecule has 2 aromatic rings. The fraction of sp³-hybridized carbons (Fsp3) is 0.636. The molecule has 31 heavy (non-hydrogen) atoms. The highest BCUT2D eigenvalue weighted by Gasteiger charge is 2.27. The lowest BCUT2D eigenvalue weighted by molar-refractivity contribution is -0.131. The fourth-order valence-corrected chi connectivity index (χ4v) is 5.79. The van der Waals surface area contributed by atoms with Crippen LogP contribution in [-0.2, 0) is 27.9 Å². The first kappa shape index (κ1) is 23.7. The summed E-state index contributed by atoms with van der Waals surface area (Å²) in [6.07, 6.45) is 2.91. The Bertz CT molecular complexity index is 1010. The zero-order valence-electron chi connectivity index (χ0n) is 19.2. The molecular weight excluding hydrogens is 414 g/mol. The molecule has 0 N–H and O–H groups in total. The van der Waals surface area contributed by atoms with Crippen LogP contribution in [0.5, 0.6) is 0 Å². The lowest BCUT2D eigenvalue weighted by Gasteiger charge is -2.25. The number of imidazole rings is 1. The number of carbonyl (C=O) groups excluding carboxylic acids is 1. The Labute approximate surface area is 185 Å². The summed E-state index contributed by atoms with van der Waals surface area (Å²) in [5.41, 5.74) is 1.59. The first-order valence-corrected chi connectivity index (χ1v) is 12.7. The SMILES string of the molecule is CCN(CC)C(=O)CN(C)Cc1nc2cc(S(=O)(=O)N3CCCCC3)ccc2n1CC. The largest absolute Gasteiger partial charge is 0.342 e. The second-order valence-corrected chi connectivity index (χ2v) is 10.1. The van der Waals surface area contributed by atoms with E-state index < -0.39 is 10.0 Å². The number of aromatic nitrogens is 2. The molecule has 1 fully saturated rings. The Morgan fingerprint density at radius 2 is 1.77 bits per heavy atom. The Balaban J connectivity index is 1.84. The van der Waals surface area contributed by atoms with E-state index in [0.29, 0.717) is 49.7 Å². The van der Waals surface area contributed by atoms with E-state index in [0.717, 1.165) is 37.1 Å². The van der Waals surface area contributed by atoms with E-state index in [1.165, 1.54) is 0 Å². The van der Waals surface area contributed by atoms with E-state index >= 15 is 0 Å². The van der Waals surface area contributed by atoms with Gasteiger partial charge in [0.25, 0.3) is 0 Å². The van der Waals surface area contributed by atoms with Crippen molar-refractivity contribution in [1.29, 1.82) is 0 Å². The predicted molar refractivity (Wildman–Crippen MR) is 122 cm³/mol. The molecule has 9 heteroatoms. The number of sulfonamides is 1. The van der Waals surface area contributed by atoms with Crippen molar-refractivity contribution in [3.63, 3.8) is 0 Å². The smallest absolute Gasteiger partial charge is 0.243 e. The second-order valence-electron chi connectivity index (χ2n) is 8.13. The molecule has 1 aliphatic rings. The number of amides is 1. The predicted octanol–water partition coefficient (Wildman–Crippen LogP) is 2.53. The highest BCUT2D eigenvalue weighted by molar-refractivity contribution is 7.89. The van der Waals surface area contributed by atoms with Crippen molar-refractivity contribution in [2.75, 3.05) is 39.8 Å². The molecule has 0 spiro atoms. The summed E-state index contributed by atoms with van der Waals surface area (Å²) in [6, 6.07) is 5.24. The molecule has 0 radical (unpaired) electrons. The first-order valence-electron chi connectivity index (χ1n) is 11.3. The van der Waals surface area contributed by atoms with E-state index in [2.05, 4.69) is 4.57 Å². The van der Waals surface area contributed by atoms with Crippen molar-refractivity contribution in [3.8, 4) is 0 Å². The summed E-state index contributed by atoms with van der Waals surface area (Å²) >= 11 is 0. The minimum absolute atomic E-state index is 0.0987. The summed E-state index contributed by atoms with van der Waals surface area (Å²) in [4.78, 5) is 21.3. The number of piperidine rings is 1. The second kappa shape index (κ2) is 10.1. The molecule has 1 aliphatic heterocycles. The number of fused-ring (bicyclic) bond motifs is 1. The molecule has 3 rings (SSSR count). The van der Waals surface area contributed by atoms with Crippen molar-refractivity contribution in [2.45, 2.75) is 58.0 Å². The van der Waals surface area contributed by atoms with Gasteiger partial charge in [0.2, 0.25) is 15.9 Å². The number of carbonyl (C=O) groups is 1. The highest BCUT2D eigenvalue weighted by atomic mass is 32.2. The monoisotopic (exact) mass is 449 g/mol. The number of hydrogen-bond donors (Lipinski definition) is 0. The summed E-state index contributed by atoms with van der Waals surface area (Å²) < 4.78 is 29.8.